The fourth-order valence-electron chi connectivity index (χ4n) is 3.20. The van der Waals surface area contributed by atoms with Gasteiger partial charge in [0.2, 0.25) is 0 Å². The van der Waals surface area contributed by atoms with Crippen LogP contribution in [0.15, 0.2) is 72.8 Å². The first-order valence-electron chi connectivity index (χ1n) is 11.2. The Morgan fingerprint density at radius 1 is 0.722 bits per heavy atom. The van der Waals surface area contributed by atoms with Crippen LogP contribution in [0.5, 0.6) is 11.5 Å². The first kappa shape index (κ1) is 26.0. The van der Waals surface area contributed by atoms with E-state index in [1.807, 2.05) is 6.07 Å². The van der Waals surface area contributed by atoms with E-state index in [1.165, 1.54) is 14.0 Å². The second-order valence-corrected chi connectivity index (χ2v) is 7.71. The molecule has 0 spiro atoms. The van der Waals surface area contributed by atoms with Crippen molar-refractivity contribution in [3.63, 3.8) is 0 Å². The van der Waals surface area contributed by atoms with Crippen molar-refractivity contribution in [2.45, 2.75) is 6.92 Å². The molecule has 3 aromatic rings. The van der Waals surface area contributed by atoms with Crippen LogP contribution in [-0.4, -0.2) is 50.3 Å². The summed E-state index contributed by atoms with van der Waals surface area (Å²) >= 11 is 0. The smallest absolute Gasteiger partial charge is 0.262 e. The molecule has 0 heterocycles. The van der Waals surface area contributed by atoms with E-state index < -0.39 is 5.91 Å². The summed E-state index contributed by atoms with van der Waals surface area (Å²) in [4.78, 5) is 48.1. The summed E-state index contributed by atoms with van der Waals surface area (Å²) in [6, 6.07) is 19.9. The summed E-state index contributed by atoms with van der Waals surface area (Å²) in [5.74, 6) is -0.328. The number of ether oxygens (including phenoxy) is 2. The highest BCUT2D eigenvalue weighted by molar-refractivity contribution is 5.97. The molecule has 0 saturated carbocycles. The van der Waals surface area contributed by atoms with E-state index in [-0.39, 0.29) is 37.3 Å². The van der Waals surface area contributed by atoms with Crippen LogP contribution in [0, 0.1) is 0 Å². The van der Waals surface area contributed by atoms with E-state index in [0.29, 0.717) is 33.9 Å². The van der Waals surface area contributed by atoms with Gasteiger partial charge in [-0.3, -0.25) is 19.2 Å². The largest absolute Gasteiger partial charge is 0.493 e. The monoisotopic (exact) mass is 489 g/mol. The molecule has 9 heteroatoms. The fraction of sp³-hybridized carbons (Fsp3) is 0.185. The number of hydrogen-bond acceptors (Lipinski definition) is 6. The van der Waals surface area contributed by atoms with Gasteiger partial charge in [-0.25, -0.2) is 0 Å². The maximum atomic E-state index is 12.3. The number of Topliss-reactive ketones (excluding diaryl/α,β-unsaturated/α-hetero) is 1. The fourth-order valence-corrected chi connectivity index (χ4v) is 3.20. The molecule has 9 nitrogen and oxygen atoms in total. The molecule has 0 atom stereocenters. The quantitative estimate of drug-likeness (QED) is 0.281. The molecule has 3 amide bonds. The number of methoxy groups -OCH3 is 1. The molecule has 3 aromatic carbocycles. The Hall–Kier alpha value is -4.66. The Labute approximate surface area is 208 Å². The van der Waals surface area contributed by atoms with Crippen LogP contribution in [0.2, 0.25) is 0 Å². The third-order valence-corrected chi connectivity index (χ3v) is 5.09. The van der Waals surface area contributed by atoms with Crippen LogP contribution < -0.4 is 25.4 Å². The van der Waals surface area contributed by atoms with Gasteiger partial charge in [0.1, 0.15) is 0 Å². The van der Waals surface area contributed by atoms with Gasteiger partial charge in [0, 0.05) is 35.5 Å². The lowest BCUT2D eigenvalue weighted by molar-refractivity contribution is -0.118. The Balaban J connectivity index is 1.42. The van der Waals surface area contributed by atoms with Crippen molar-refractivity contribution < 1.29 is 28.7 Å². The number of amides is 3. The number of anilines is 1. The van der Waals surface area contributed by atoms with Crippen molar-refractivity contribution in [3.05, 3.63) is 89.5 Å². The molecule has 36 heavy (non-hydrogen) atoms. The van der Waals surface area contributed by atoms with Crippen LogP contribution in [0.4, 0.5) is 5.69 Å². The zero-order valence-corrected chi connectivity index (χ0v) is 20.0. The number of carbonyl (C=O) groups is 4. The van der Waals surface area contributed by atoms with Crippen molar-refractivity contribution >= 4 is 29.2 Å². The lowest BCUT2D eigenvalue weighted by atomic mass is 10.1. The van der Waals surface area contributed by atoms with Gasteiger partial charge < -0.3 is 25.4 Å². The van der Waals surface area contributed by atoms with Gasteiger partial charge in [-0.2, -0.15) is 0 Å². The number of rotatable bonds is 11. The van der Waals surface area contributed by atoms with Crippen LogP contribution in [0.25, 0.3) is 0 Å². The van der Waals surface area contributed by atoms with Gasteiger partial charge >= 0.3 is 0 Å². The molecule has 0 aliphatic rings. The van der Waals surface area contributed by atoms with E-state index in [0.717, 1.165) is 0 Å². The van der Waals surface area contributed by atoms with Gasteiger partial charge in [0.15, 0.2) is 23.9 Å². The minimum absolute atomic E-state index is 0.107. The molecular weight excluding hydrogens is 462 g/mol. The highest BCUT2D eigenvalue weighted by Crippen LogP contribution is 2.28. The summed E-state index contributed by atoms with van der Waals surface area (Å²) < 4.78 is 10.7. The predicted molar refractivity (Wildman–Crippen MR) is 135 cm³/mol. The lowest BCUT2D eigenvalue weighted by Gasteiger charge is -2.12. The molecule has 0 saturated heterocycles. The molecule has 0 radical (unpaired) electrons. The second kappa shape index (κ2) is 12.7. The third kappa shape index (κ3) is 7.42. The van der Waals surface area contributed by atoms with Crippen molar-refractivity contribution in [2.24, 2.45) is 0 Å². The second-order valence-electron chi connectivity index (χ2n) is 7.71. The highest BCUT2D eigenvalue weighted by atomic mass is 16.5. The average molecular weight is 490 g/mol. The minimum Gasteiger partial charge on any atom is -0.493 e. The maximum absolute atomic E-state index is 12.3. The number of benzene rings is 3. The van der Waals surface area contributed by atoms with Crippen LogP contribution in [0.1, 0.15) is 38.0 Å². The van der Waals surface area contributed by atoms with Crippen LogP contribution in [0.3, 0.4) is 0 Å². The number of ketones is 1. The summed E-state index contributed by atoms with van der Waals surface area (Å²) in [6.45, 7) is 1.73. The molecule has 0 aliphatic carbocycles. The zero-order chi connectivity index (χ0) is 25.9. The zero-order valence-electron chi connectivity index (χ0n) is 20.0. The van der Waals surface area contributed by atoms with Crippen LogP contribution in [-0.2, 0) is 4.79 Å². The van der Waals surface area contributed by atoms with Crippen molar-refractivity contribution in [3.8, 4) is 11.5 Å². The Bertz CT molecular complexity index is 1230. The molecule has 0 aliphatic heterocycles. The van der Waals surface area contributed by atoms with Crippen molar-refractivity contribution in [2.75, 3.05) is 32.1 Å². The molecule has 0 fully saturated rings. The molecule has 0 bridgehead atoms. The standard InChI is InChI=1S/C27H27N3O6/c1-18(31)21-10-13-23(24(16-21)35-2)36-17-25(32)30-22-11-8-20(9-12-22)27(34)29-15-14-28-26(33)19-6-4-3-5-7-19/h3-13,16H,14-15,17H2,1-2H3,(H,28,33)(H,29,34)(H,30,32). The Morgan fingerprint density at radius 3 is 1.89 bits per heavy atom. The van der Waals surface area contributed by atoms with Crippen LogP contribution >= 0.6 is 0 Å². The van der Waals surface area contributed by atoms with E-state index in [9.17, 15) is 19.2 Å². The molecule has 3 rings (SSSR count). The van der Waals surface area contributed by atoms with Crippen molar-refractivity contribution in [1.82, 2.24) is 10.6 Å². The van der Waals surface area contributed by atoms with Crippen molar-refractivity contribution in [1.29, 1.82) is 0 Å². The van der Waals surface area contributed by atoms with E-state index in [4.69, 9.17) is 9.47 Å². The van der Waals surface area contributed by atoms with Gasteiger partial charge in [-0.15, -0.1) is 0 Å². The SMILES string of the molecule is COc1cc(C(C)=O)ccc1OCC(=O)Nc1ccc(C(=O)NCCNC(=O)c2ccccc2)cc1. The Kier molecular flexibility index (Phi) is 9.16. The van der Waals surface area contributed by atoms with Gasteiger partial charge in [-0.05, 0) is 61.5 Å². The van der Waals surface area contributed by atoms with Gasteiger partial charge in [-0.1, -0.05) is 18.2 Å². The average Bonchev–Trinajstić information content (AvgIpc) is 2.90. The summed E-state index contributed by atoms with van der Waals surface area (Å²) in [7, 11) is 1.45. The van der Waals surface area contributed by atoms with E-state index >= 15 is 0 Å². The first-order chi connectivity index (χ1) is 17.4. The molecule has 0 unspecified atom stereocenters. The molecule has 186 valence electrons. The Morgan fingerprint density at radius 2 is 1.31 bits per heavy atom. The minimum atomic E-state index is -0.404. The summed E-state index contributed by atoms with van der Waals surface area (Å²) in [6.07, 6.45) is 0. The summed E-state index contributed by atoms with van der Waals surface area (Å²) in [5, 5.41) is 8.16. The number of carbonyl (C=O) groups excluding carboxylic acids is 4. The molecule has 3 N–H and O–H groups in total. The topological polar surface area (TPSA) is 123 Å². The van der Waals surface area contributed by atoms with Gasteiger partial charge in [0.25, 0.3) is 17.7 Å². The molecular formula is C27H27N3O6. The lowest BCUT2D eigenvalue weighted by Crippen LogP contribution is -2.34. The first-order valence-corrected chi connectivity index (χ1v) is 11.2. The number of hydrogen-bond donors (Lipinski definition) is 3. The van der Waals surface area contributed by atoms with E-state index in [1.54, 1.807) is 66.7 Å². The third-order valence-electron chi connectivity index (χ3n) is 5.09. The predicted octanol–water partition coefficient (Wildman–Crippen LogP) is 3.08. The van der Waals surface area contributed by atoms with E-state index in [2.05, 4.69) is 16.0 Å². The highest BCUT2D eigenvalue weighted by Gasteiger charge is 2.11. The molecule has 0 aromatic heterocycles. The normalized spacial score (nSPS) is 10.2. The van der Waals surface area contributed by atoms with Gasteiger partial charge in [0.05, 0.1) is 7.11 Å². The summed E-state index contributed by atoms with van der Waals surface area (Å²) in [5.41, 5.74) is 1.93. The maximum Gasteiger partial charge on any atom is 0.262 e. The number of nitrogens with one attached hydrogen (secondary N) is 3.